The van der Waals surface area contributed by atoms with E-state index < -0.39 is 0 Å². The quantitative estimate of drug-likeness (QED) is 0.120. The fourth-order valence-electron chi connectivity index (χ4n) is 3.69. The fourth-order valence-corrected chi connectivity index (χ4v) is 3.69. The van der Waals surface area contributed by atoms with E-state index in [9.17, 15) is 4.79 Å². The van der Waals surface area contributed by atoms with Gasteiger partial charge in [0.1, 0.15) is 6.61 Å². The Morgan fingerprint density at radius 1 is 0.732 bits per heavy atom. The van der Waals surface area contributed by atoms with Crippen LogP contribution in [0.15, 0.2) is 24.3 Å². The van der Waals surface area contributed by atoms with E-state index in [2.05, 4.69) is 12.2 Å². The van der Waals surface area contributed by atoms with Crippen LogP contribution in [-0.4, -0.2) is 118 Å². The second kappa shape index (κ2) is 25.8. The lowest BCUT2D eigenvalue weighted by Gasteiger charge is -2.22. The number of rotatable bonds is 27. The molecule has 1 aliphatic rings. The summed E-state index contributed by atoms with van der Waals surface area (Å²) in [5.74, 6) is -0.355. The van der Waals surface area contributed by atoms with Crippen molar-refractivity contribution in [1.29, 1.82) is 0 Å². The van der Waals surface area contributed by atoms with Crippen LogP contribution in [0.3, 0.4) is 0 Å². The zero-order valence-corrected chi connectivity index (χ0v) is 24.8. The van der Waals surface area contributed by atoms with Crippen molar-refractivity contribution in [1.82, 2.24) is 0 Å². The first-order valence-electron chi connectivity index (χ1n) is 15.0. The molecule has 1 unspecified atom stereocenters. The van der Waals surface area contributed by atoms with Crippen molar-refractivity contribution in [3.8, 4) is 0 Å². The maximum atomic E-state index is 12.1. The lowest BCUT2D eigenvalue weighted by Crippen LogP contribution is -2.24. The lowest BCUT2D eigenvalue weighted by atomic mass is 10.2. The first-order chi connectivity index (χ1) is 20.3. The average molecular weight is 586 g/mol. The highest BCUT2D eigenvalue weighted by Gasteiger charge is 2.13. The van der Waals surface area contributed by atoms with Gasteiger partial charge in [0.2, 0.25) is 0 Å². The summed E-state index contributed by atoms with van der Waals surface area (Å²) in [5, 5.41) is 3.32. The molecule has 1 aliphatic heterocycles. The van der Waals surface area contributed by atoms with E-state index in [4.69, 9.17) is 42.6 Å². The Bertz CT molecular complexity index is 730. The van der Waals surface area contributed by atoms with E-state index in [0.29, 0.717) is 91.5 Å². The molecule has 0 spiro atoms. The zero-order valence-electron chi connectivity index (χ0n) is 24.8. The number of anilines is 1. The summed E-state index contributed by atoms with van der Waals surface area (Å²) in [6, 6.07) is 7.30. The second-order valence-corrected chi connectivity index (χ2v) is 9.33. The van der Waals surface area contributed by atoms with Crippen LogP contribution in [0.25, 0.3) is 0 Å². The maximum absolute atomic E-state index is 12.1. The minimum atomic E-state index is -0.355. The summed E-state index contributed by atoms with van der Waals surface area (Å²) in [7, 11) is 0. The number of ether oxygens (including phenoxy) is 9. The molecule has 0 bridgehead atoms. The number of unbranched alkanes of at least 4 members (excludes halogenated alkanes) is 1. The number of carbonyl (C=O) groups excluding carboxylic acids is 1. The van der Waals surface area contributed by atoms with E-state index in [1.807, 2.05) is 12.1 Å². The molecule has 1 heterocycles. The number of benzene rings is 1. The molecule has 0 saturated carbocycles. The summed E-state index contributed by atoms with van der Waals surface area (Å²) in [5.41, 5.74) is 1.52. The van der Waals surface area contributed by atoms with Gasteiger partial charge in [0.25, 0.3) is 0 Å². The molecule has 0 aromatic heterocycles. The Balaban J connectivity index is 1.23. The molecule has 0 radical (unpaired) electrons. The van der Waals surface area contributed by atoms with Crippen molar-refractivity contribution in [2.75, 3.05) is 111 Å². The smallest absolute Gasteiger partial charge is 0.338 e. The van der Waals surface area contributed by atoms with Crippen LogP contribution in [0.5, 0.6) is 0 Å². The molecule has 1 atom stereocenters. The van der Waals surface area contributed by atoms with Gasteiger partial charge in [0, 0.05) is 18.8 Å². The number of hydrogen-bond acceptors (Lipinski definition) is 11. The van der Waals surface area contributed by atoms with Gasteiger partial charge >= 0.3 is 5.97 Å². The number of carbonyl (C=O) groups is 1. The van der Waals surface area contributed by atoms with Crippen molar-refractivity contribution in [3.05, 3.63) is 29.8 Å². The Kier molecular flexibility index (Phi) is 22.3. The standard InChI is InChI=1S/C30H51NO10/c1-2-3-11-31-28-9-7-27(8-10-28)30(32)41-26-24-38-22-20-36-18-16-34-14-13-33-15-17-35-19-21-37-23-25-40-29-6-4-5-12-39-29/h7-10,29,31H,2-6,11-26H2,1H3. The van der Waals surface area contributed by atoms with Gasteiger partial charge in [-0.15, -0.1) is 0 Å². The first-order valence-corrected chi connectivity index (χ1v) is 15.0. The predicted molar refractivity (Wildman–Crippen MR) is 155 cm³/mol. The molecular weight excluding hydrogens is 534 g/mol. The highest BCUT2D eigenvalue weighted by atomic mass is 16.7. The topological polar surface area (TPSA) is 112 Å². The molecule has 236 valence electrons. The lowest BCUT2D eigenvalue weighted by molar-refractivity contribution is -0.169. The Morgan fingerprint density at radius 3 is 1.73 bits per heavy atom. The number of nitrogens with one attached hydrogen (secondary N) is 1. The molecule has 11 heteroatoms. The fraction of sp³-hybridized carbons (Fsp3) is 0.767. The summed E-state index contributed by atoms with van der Waals surface area (Å²) >= 11 is 0. The molecule has 1 N–H and O–H groups in total. The van der Waals surface area contributed by atoms with Crippen LogP contribution in [0.1, 0.15) is 49.4 Å². The van der Waals surface area contributed by atoms with E-state index in [1.165, 1.54) is 0 Å². The van der Waals surface area contributed by atoms with Crippen molar-refractivity contribution in [2.45, 2.75) is 45.3 Å². The zero-order chi connectivity index (χ0) is 29.1. The molecule has 1 fully saturated rings. The van der Waals surface area contributed by atoms with Gasteiger partial charge in [-0.1, -0.05) is 13.3 Å². The number of hydrogen-bond donors (Lipinski definition) is 1. The Hall–Kier alpha value is -1.83. The van der Waals surface area contributed by atoms with E-state index in [-0.39, 0.29) is 18.9 Å². The van der Waals surface area contributed by atoms with Gasteiger partial charge in [-0.2, -0.15) is 0 Å². The average Bonchev–Trinajstić information content (AvgIpc) is 3.00. The van der Waals surface area contributed by atoms with Crippen LogP contribution in [0.4, 0.5) is 5.69 Å². The highest BCUT2D eigenvalue weighted by molar-refractivity contribution is 5.89. The van der Waals surface area contributed by atoms with E-state index in [0.717, 1.165) is 50.9 Å². The first kappa shape index (κ1) is 35.4. The van der Waals surface area contributed by atoms with Crippen LogP contribution in [-0.2, 0) is 42.6 Å². The largest absolute Gasteiger partial charge is 0.460 e. The van der Waals surface area contributed by atoms with Gasteiger partial charge < -0.3 is 47.9 Å². The molecule has 11 nitrogen and oxygen atoms in total. The molecule has 0 aliphatic carbocycles. The van der Waals surface area contributed by atoms with Crippen LogP contribution < -0.4 is 5.32 Å². The molecular formula is C30H51NO10. The molecule has 41 heavy (non-hydrogen) atoms. The summed E-state index contributed by atoms with van der Waals surface area (Å²) in [6.45, 7) is 10.4. The van der Waals surface area contributed by atoms with Gasteiger partial charge in [0.15, 0.2) is 6.29 Å². The van der Waals surface area contributed by atoms with Crippen LogP contribution in [0.2, 0.25) is 0 Å². The summed E-state index contributed by atoms with van der Waals surface area (Å²) in [4.78, 5) is 12.1. The van der Waals surface area contributed by atoms with Gasteiger partial charge in [-0.05, 0) is 49.9 Å². The molecule has 2 rings (SSSR count). The SMILES string of the molecule is CCCCNc1ccc(C(=O)OCCOCCOCCOCCOCCOCCOCCOC2CCCCO2)cc1. The Morgan fingerprint density at radius 2 is 1.24 bits per heavy atom. The maximum Gasteiger partial charge on any atom is 0.338 e. The second-order valence-electron chi connectivity index (χ2n) is 9.33. The molecule has 1 aromatic carbocycles. The third kappa shape index (κ3) is 19.8. The molecule has 0 amide bonds. The third-order valence-electron chi connectivity index (χ3n) is 5.97. The minimum absolute atomic E-state index is 0.0685. The predicted octanol–water partition coefficient (Wildman–Crippen LogP) is 3.70. The minimum Gasteiger partial charge on any atom is -0.460 e. The highest BCUT2D eigenvalue weighted by Crippen LogP contribution is 2.13. The Labute approximate surface area is 245 Å². The molecule has 1 saturated heterocycles. The summed E-state index contributed by atoms with van der Waals surface area (Å²) in [6.07, 6.45) is 5.43. The van der Waals surface area contributed by atoms with E-state index >= 15 is 0 Å². The third-order valence-corrected chi connectivity index (χ3v) is 5.97. The molecule has 1 aromatic rings. The van der Waals surface area contributed by atoms with Crippen molar-refractivity contribution in [2.24, 2.45) is 0 Å². The normalized spacial score (nSPS) is 15.2. The van der Waals surface area contributed by atoms with Gasteiger partial charge in [0.05, 0.1) is 91.5 Å². The monoisotopic (exact) mass is 585 g/mol. The van der Waals surface area contributed by atoms with Crippen molar-refractivity contribution in [3.63, 3.8) is 0 Å². The number of esters is 1. The van der Waals surface area contributed by atoms with E-state index in [1.54, 1.807) is 12.1 Å². The van der Waals surface area contributed by atoms with Gasteiger partial charge in [-0.25, -0.2) is 4.79 Å². The van der Waals surface area contributed by atoms with Crippen molar-refractivity contribution < 1.29 is 47.4 Å². The van der Waals surface area contributed by atoms with Gasteiger partial charge in [-0.3, -0.25) is 0 Å². The van der Waals surface area contributed by atoms with Crippen LogP contribution in [0, 0.1) is 0 Å². The summed E-state index contributed by atoms with van der Waals surface area (Å²) < 4.78 is 49.1. The van der Waals surface area contributed by atoms with Crippen LogP contribution >= 0.6 is 0 Å². The van der Waals surface area contributed by atoms with Crippen molar-refractivity contribution >= 4 is 11.7 Å².